The van der Waals surface area contributed by atoms with Crippen LogP contribution in [0.5, 0.6) is 0 Å². The molecule has 1 aromatic heterocycles. The molecule has 0 aliphatic heterocycles. The summed E-state index contributed by atoms with van der Waals surface area (Å²) in [5.74, 6) is 0.623. The van der Waals surface area contributed by atoms with Crippen molar-refractivity contribution >= 4 is 34.1 Å². The standard InChI is InChI=1S/C41H40O5/c1-6-8-16-27(3)35(25-42)40(44)41(45)36(26-43)34-18-13-11-10-12-17-31(32-19-14-15-20-33(32)34)30-23-22-28(4)39-29(5)37(21-9-7-2)46-38(39)24-30/h6-21,24-26,28,42-45H,1-3,22-23H2,4-5H3/b11-10?,12-10?,13-11?,16-8-,17-12?,18-13?,21-9-,31-17?,32-31?,34-18?,34-33?,35-25+,36-26+,41-40-. The summed E-state index contributed by atoms with van der Waals surface area (Å²) in [7, 11) is 0. The first-order chi connectivity index (χ1) is 22.3. The summed E-state index contributed by atoms with van der Waals surface area (Å²) in [5.41, 5.74) is 4.84. The lowest BCUT2D eigenvalue weighted by Crippen LogP contribution is -2.00. The lowest BCUT2D eigenvalue weighted by atomic mass is 9.91. The van der Waals surface area contributed by atoms with Gasteiger partial charge in [-0.1, -0.05) is 118 Å². The molecule has 1 atom stereocenters. The molecular weight excluding hydrogens is 572 g/mol. The highest BCUT2D eigenvalue weighted by Gasteiger charge is 2.24. The van der Waals surface area contributed by atoms with Crippen molar-refractivity contribution in [3.05, 3.63) is 180 Å². The first kappa shape index (κ1) is 33.2. The first-order valence-corrected chi connectivity index (χ1v) is 15.1. The van der Waals surface area contributed by atoms with Gasteiger partial charge >= 0.3 is 0 Å². The Balaban J connectivity index is 2.01. The molecule has 0 bridgehead atoms. The minimum absolute atomic E-state index is 0.0515. The molecule has 0 fully saturated rings. The smallest absolute Gasteiger partial charge is 0.169 e. The van der Waals surface area contributed by atoms with E-state index in [1.165, 1.54) is 17.7 Å². The van der Waals surface area contributed by atoms with Gasteiger partial charge in [0.05, 0.1) is 23.7 Å². The normalized spacial score (nSPS) is 16.0. The van der Waals surface area contributed by atoms with Gasteiger partial charge in [-0.25, -0.2) is 0 Å². The van der Waals surface area contributed by atoms with Crippen LogP contribution in [0, 0.1) is 6.92 Å². The number of hydrogen-bond acceptors (Lipinski definition) is 5. The zero-order chi connectivity index (χ0) is 33.2. The van der Waals surface area contributed by atoms with E-state index in [1.54, 1.807) is 24.3 Å². The maximum absolute atomic E-state index is 11.3. The Labute approximate surface area is 270 Å². The van der Waals surface area contributed by atoms with Gasteiger partial charge in [0, 0.05) is 5.56 Å². The molecule has 0 amide bonds. The Bertz CT molecular complexity index is 1900. The quantitative estimate of drug-likeness (QED) is 0.142. The topological polar surface area (TPSA) is 94.1 Å². The number of rotatable bonds is 9. The van der Waals surface area contributed by atoms with Crippen molar-refractivity contribution in [2.24, 2.45) is 0 Å². The second kappa shape index (κ2) is 15.4. The van der Waals surface area contributed by atoms with Crippen molar-refractivity contribution in [3.8, 4) is 0 Å². The van der Waals surface area contributed by atoms with Gasteiger partial charge in [0.2, 0.25) is 0 Å². The number of hydrogen-bond donors (Lipinski definition) is 4. The first-order valence-electron chi connectivity index (χ1n) is 15.1. The van der Waals surface area contributed by atoms with Crippen LogP contribution in [0.1, 0.15) is 59.5 Å². The van der Waals surface area contributed by atoms with Crippen molar-refractivity contribution in [3.63, 3.8) is 0 Å². The van der Waals surface area contributed by atoms with Crippen molar-refractivity contribution in [1.82, 2.24) is 0 Å². The van der Waals surface area contributed by atoms with Crippen LogP contribution in [0.25, 0.3) is 34.1 Å². The monoisotopic (exact) mass is 612 g/mol. The molecule has 1 heterocycles. The van der Waals surface area contributed by atoms with Crippen LogP contribution in [-0.4, -0.2) is 20.4 Å². The van der Waals surface area contributed by atoms with E-state index >= 15 is 0 Å². The molecule has 3 aromatic rings. The molecule has 46 heavy (non-hydrogen) atoms. The summed E-state index contributed by atoms with van der Waals surface area (Å²) in [6.07, 6.45) is 15.4. The maximum atomic E-state index is 11.3. The lowest BCUT2D eigenvalue weighted by molar-refractivity contribution is 0.344. The van der Waals surface area contributed by atoms with E-state index in [-0.39, 0.29) is 22.6 Å². The summed E-state index contributed by atoms with van der Waals surface area (Å²) in [5, 5.41) is 44.4. The molecule has 4 rings (SSSR count). The van der Waals surface area contributed by atoms with Gasteiger partial charge in [0.25, 0.3) is 0 Å². The molecule has 0 saturated carbocycles. The summed E-state index contributed by atoms with van der Waals surface area (Å²) >= 11 is 0. The zero-order valence-corrected chi connectivity index (χ0v) is 26.3. The van der Waals surface area contributed by atoms with Gasteiger partial charge < -0.3 is 24.8 Å². The fraction of sp³-hybridized carbons (Fsp3) is 0.122. The summed E-state index contributed by atoms with van der Waals surface area (Å²) < 4.78 is 6.38. The fourth-order valence-electron chi connectivity index (χ4n) is 5.72. The highest BCUT2D eigenvalue weighted by Crippen LogP contribution is 2.42. The summed E-state index contributed by atoms with van der Waals surface area (Å²) in [4.78, 5) is 0. The summed E-state index contributed by atoms with van der Waals surface area (Å²) in [6.45, 7) is 15.6. The van der Waals surface area contributed by atoms with Crippen molar-refractivity contribution in [2.75, 3.05) is 0 Å². The van der Waals surface area contributed by atoms with Crippen LogP contribution in [0.15, 0.2) is 150 Å². The molecule has 2 aromatic carbocycles. The van der Waals surface area contributed by atoms with Gasteiger partial charge in [-0.3, -0.25) is 0 Å². The van der Waals surface area contributed by atoms with E-state index in [9.17, 15) is 20.4 Å². The average Bonchev–Trinajstić information content (AvgIpc) is 3.27. The Morgan fingerprint density at radius 3 is 2.22 bits per heavy atom. The van der Waals surface area contributed by atoms with E-state index in [1.807, 2.05) is 54.6 Å². The molecular formula is C41H40O5. The second-order valence-corrected chi connectivity index (χ2v) is 11.0. The predicted molar refractivity (Wildman–Crippen MR) is 192 cm³/mol. The minimum Gasteiger partial charge on any atom is -0.515 e. The zero-order valence-electron chi connectivity index (χ0n) is 26.3. The number of furan rings is 1. The molecule has 1 aliphatic carbocycles. The van der Waals surface area contributed by atoms with E-state index in [0.717, 1.165) is 52.7 Å². The van der Waals surface area contributed by atoms with E-state index in [0.29, 0.717) is 17.2 Å². The van der Waals surface area contributed by atoms with Gasteiger partial charge in [-0.2, -0.15) is 0 Å². The third-order valence-corrected chi connectivity index (χ3v) is 8.06. The van der Waals surface area contributed by atoms with Crippen molar-refractivity contribution in [1.29, 1.82) is 0 Å². The Kier molecular flexibility index (Phi) is 11.1. The predicted octanol–water partition coefficient (Wildman–Crippen LogP) is 11.5. The van der Waals surface area contributed by atoms with Crippen LogP contribution >= 0.6 is 0 Å². The second-order valence-electron chi connectivity index (χ2n) is 11.0. The van der Waals surface area contributed by atoms with Crippen LogP contribution in [-0.2, 0) is 0 Å². The average molecular weight is 613 g/mol. The van der Waals surface area contributed by atoms with E-state index in [4.69, 9.17) is 4.42 Å². The van der Waals surface area contributed by atoms with Gasteiger partial charge in [0.1, 0.15) is 11.5 Å². The molecule has 1 aliphatic rings. The van der Waals surface area contributed by atoms with Gasteiger partial charge in [-0.15, -0.1) is 0 Å². The van der Waals surface area contributed by atoms with Gasteiger partial charge in [0.15, 0.2) is 11.5 Å². The van der Waals surface area contributed by atoms with Crippen LogP contribution in [0.4, 0.5) is 0 Å². The Morgan fingerprint density at radius 1 is 0.870 bits per heavy atom. The largest absolute Gasteiger partial charge is 0.515 e. The molecule has 5 nitrogen and oxygen atoms in total. The molecule has 4 N–H and O–H groups in total. The third-order valence-electron chi connectivity index (χ3n) is 8.06. The molecule has 0 spiro atoms. The third kappa shape index (κ3) is 7.00. The van der Waals surface area contributed by atoms with E-state index < -0.39 is 11.5 Å². The Morgan fingerprint density at radius 2 is 1.54 bits per heavy atom. The fourth-order valence-corrected chi connectivity index (χ4v) is 5.72. The number of allylic oxidation sites excluding steroid dienone is 8. The minimum atomic E-state index is -0.654. The molecule has 234 valence electrons. The number of benzene rings is 1. The van der Waals surface area contributed by atoms with Crippen LogP contribution in [0.3, 0.4) is 0 Å². The number of aliphatic hydroxyl groups excluding tert-OH is 4. The summed E-state index contributed by atoms with van der Waals surface area (Å²) in [6, 6.07) is 19.0. The SMILES string of the molecule is C=C/C=C\C(=C)C(=C\O)/C(O)=C(O)\C(=C\O)c1ccccccc(C2=Cc3oc(/C=C\C=C)c(C)c3C(C)CC2)c2ccccc12. The highest BCUT2D eigenvalue weighted by atomic mass is 16.3. The highest BCUT2D eigenvalue weighted by molar-refractivity contribution is 6.02. The maximum Gasteiger partial charge on any atom is 0.169 e. The number of fused-ring (bicyclic) bond motifs is 2. The molecule has 0 radical (unpaired) electrons. The van der Waals surface area contributed by atoms with E-state index in [2.05, 4.69) is 45.7 Å². The molecule has 5 heteroatoms. The van der Waals surface area contributed by atoms with Gasteiger partial charge in [-0.05, 0) is 76.4 Å². The molecule has 1 unspecified atom stereocenters. The van der Waals surface area contributed by atoms with Crippen LogP contribution in [0.2, 0.25) is 0 Å². The lowest BCUT2D eigenvalue weighted by Gasteiger charge is -2.14. The van der Waals surface area contributed by atoms with Crippen molar-refractivity contribution < 1.29 is 24.8 Å². The molecule has 0 saturated heterocycles. The number of aliphatic hydroxyl groups is 4. The Hall–Kier alpha value is -5.68. The van der Waals surface area contributed by atoms with Crippen molar-refractivity contribution in [2.45, 2.75) is 32.6 Å². The van der Waals surface area contributed by atoms with Crippen LogP contribution < -0.4 is 0 Å².